The highest BCUT2D eigenvalue weighted by Gasteiger charge is 2.22. The van der Waals surface area contributed by atoms with E-state index in [4.69, 9.17) is 4.84 Å². The first-order chi connectivity index (χ1) is 9.66. The molecule has 102 valence electrons. The second-order valence-corrected chi connectivity index (χ2v) is 4.91. The summed E-state index contributed by atoms with van der Waals surface area (Å²) in [5.74, 6) is -1.12. The molecule has 0 bridgehead atoms. The minimum absolute atomic E-state index is 0.00157. The lowest BCUT2D eigenvalue weighted by molar-refractivity contribution is 0.185. The van der Waals surface area contributed by atoms with Crippen LogP contribution in [0.4, 0.5) is 14.5 Å². The lowest BCUT2D eigenvalue weighted by Gasteiger charge is -2.21. The second-order valence-electron chi connectivity index (χ2n) is 4.91. The normalized spacial score (nSPS) is 14.4. The van der Waals surface area contributed by atoms with Crippen LogP contribution in [0.1, 0.15) is 5.56 Å². The summed E-state index contributed by atoms with van der Waals surface area (Å²) in [4.78, 5) is 7.22. The van der Waals surface area contributed by atoms with Crippen molar-refractivity contribution >= 4 is 13.1 Å². The highest BCUT2D eigenvalue weighted by Crippen LogP contribution is 2.36. The maximum Gasteiger partial charge on any atom is 0.275 e. The third kappa shape index (κ3) is 2.29. The SMILES string of the molecule is Cc1ccc(N2BCCO2)c(-c2c(F)cccc2F)c1. The predicted octanol–water partition coefficient (Wildman–Crippen LogP) is 3.46. The second kappa shape index (κ2) is 5.25. The molecule has 0 unspecified atom stereocenters. The Kier molecular flexibility index (Phi) is 3.44. The molecular formula is C15H14BF2NO. The molecule has 1 heterocycles. The van der Waals surface area contributed by atoms with Gasteiger partial charge in [-0.3, -0.25) is 4.84 Å². The maximum absolute atomic E-state index is 14.0. The van der Waals surface area contributed by atoms with Gasteiger partial charge in [0.25, 0.3) is 7.41 Å². The standard InChI is InChI=1S/C15H14BF2NO/c1-10-5-6-14(19-16-7-8-20-19)11(9-10)15-12(17)3-2-4-13(15)18/h2-6,9,16H,7-8H2,1H3. The van der Waals surface area contributed by atoms with E-state index in [1.54, 1.807) is 11.0 Å². The summed E-state index contributed by atoms with van der Waals surface area (Å²) in [7, 11) is 0.728. The van der Waals surface area contributed by atoms with Gasteiger partial charge in [0.05, 0.1) is 17.9 Å². The Labute approximate surface area is 117 Å². The number of aryl methyl sites for hydroxylation is 1. The van der Waals surface area contributed by atoms with Crippen molar-refractivity contribution in [3.8, 4) is 11.1 Å². The third-order valence-corrected chi connectivity index (χ3v) is 3.41. The molecule has 20 heavy (non-hydrogen) atoms. The van der Waals surface area contributed by atoms with E-state index in [1.165, 1.54) is 18.2 Å². The van der Waals surface area contributed by atoms with Gasteiger partial charge in [0.2, 0.25) is 0 Å². The number of hydrogen-bond acceptors (Lipinski definition) is 2. The summed E-state index contributed by atoms with van der Waals surface area (Å²) in [5.41, 5.74) is 2.19. The molecule has 0 radical (unpaired) electrons. The van der Waals surface area contributed by atoms with Gasteiger partial charge in [-0.1, -0.05) is 17.7 Å². The van der Waals surface area contributed by atoms with E-state index in [0.29, 0.717) is 17.9 Å². The summed E-state index contributed by atoms with van der Waals surface area (Å²) in [5, 5.41) is 0. The molecular weight excluding hydrogens is 259 g/mol. The van der Waals surface area contributed by atoms with Crippen LogP contribution in [-0.2, 0) is 4.84 Å². The van der Waals surface area contributed by atoms with Gasteiger partial charge in [0.1, 0.15) is 11.6 Å². The maximum atomic E-state index is 14.0. The van der Waals surface area contributed by atoms with E-state index < -0.39 is 11.6 Å². The fraction of sp³-hybridized carbons (Fsp3) is 0.200. The van der Waals surface area contributed by atoms with Crippen molar-refractivity contribution in [2.24, 2.45) is 0 Å². The minimum atomic E-state index is -0.559. The quantitative estimate of drug-likeness (QED) is 0.777. The fourth-order valence-corrected chi connectivity index (χ4v) is 2.46. The van der Waals surface area contributed by atoms with E-state index in [-0.39, 0.29) is 5.56 Å². The van der Waals surface area contributed by atoms with Crippen molar-refractivity contribution in [3.05, 3.63) is 53.6 Å². The molecule has 0 saturated carbocycles. The smallest absolute Gasteiger partial charge is 0.275 e. The molecule has 0 aromatic heterocycles. The lowest BCUT2D eigenvalue weighted by atomic mass is 9.88. The zero-order valence-electron chi connectivity index (χ0n) is 11.2. The number of benzene rings is 2. The van der Waals surface area contributed by atoms with Gasteiger partial charge < -0.3 is 4.97 Å². The molecule has 0 spiro atoms. The van der Waals surface area contributed by atoms with E-state index in [0.717, 1.165) is 19.3 Å². The molecule has 1 saturated heterocycles. The van der Waals surface area contributed by atoms with Gasteiger partial charge in [-0.25, -0.2) is 8.78 Å². The van der Waals surface area contributed by atoms with Crippen molar-refractivity contribution in [2.75, 3.05) is 11.6 Å². The van der Waals surface area contributed by atoms with E-state index >= 15 is 0 Å². The molecule has 0 atom stereocenters. The largest absolute Gasteiger partial charge is 0.304 e. The molecule has 5 heteroatoms. The Morgan fingerprint density at radius 2 is 1.90 bits per heavy atom. The summed E-state index contributed by atoms with van der Waals surface area (Å²) >= 11 is 0. The summed E-state index contributed by atoms with van der Waals surface area (Å²) in [6.45, 7) is 2.53. The van der Waals surface area contributed by atoms with Crippen LogP contribution < -0.4 is 4.97 Å². The summed E-state index contributed by atoms with van der Waals surface area (Å²) in [6, 6.07) is 9.47. The Hall–Kier alpha value is -1.88. The lowest BCUT2D eigenvalue weighted by Crippen LogP contribution is -2.20. The third-order valence-electron chi connectivity index (χ3n) is 3.41. The number of nitrogens with zero attached hydrogens (tertiary/aromatic N) is 1. The average Bonchev–Trinajstić information content (AvgIpc) is 2.92. The first-order valence-corrected chi connectivity index (χ1v) is 6.62. The van der Waals surface area contributed by atoms with Crippen LogP contribution in [0, 0.1) is 18.6 Å². The van der Waals surface area contributed by atoms with Crippen LogP contribution in [0.15, 0.2) is 36.4 Å². The van der Waals surface area contributed by atoms with Crippen molar-refractivity contribution in [3.63, 3.8) is 0 Å². The average molecular weight is 273 g/mol. The van der Waals surface area contributed by atoms with Gasteiger partial charge >= 0.3 is 0 Å². The van der Waals surface area contributed by atoms with Crippen molar-refractivity contribution < 1.29 is 13.6 Å². The highest BCUT2D eigenvalue weighted by atomic mass is 19.1. The van der Waals surface area contributed by atoms with Crippen molar-refractivity contribution in [2.45, 2.75) is 13.2 Å². The Morgan fingerprint density at radius 3 is 2.55 bits per heavy atom. The number of halogens is 2. The van der Waals surface area contributed by atoms with Gasteiger partial charge in [-0.2, -0.15) is 0 Å². The van der Waals surface area contributed by atoms with Gasteiger partial charge in [0, 0.05) is 5.56 Å². The van der Waals surface area contributed by atoms with Crippen molar-refractivity contribution in [1.29, 1.82) is 0 Å². The van der Waals surface area contributed by atoms with E-state index in [1.807, 2.05) is 19.1 Å². The van der Waals surface area contributed by atoms with Crippen LogP contribution >= 0.6 is 0 Å². The predicted molar refractivity (Wildman–Crippen MR) is 76.9 cm³/mol. The monoisotopic (exact) mass is 273 g/mol. The molecule has 2 aromatic carbocycles. The zero-order chi connectivity index (χ0) is 14.1. The van der Waals surface area contributed by atoms with Crippen molar-refractivity contribution in [1.82, 2.24) is 0 Å². The Morgan fingerprint density at radius 1 is 1.15 bits per heavy atom. The number of hydrogen-bond donors (Lipinski definition) is 0. The molecule has 0 aliphatic carbocycles. The molecule has 3 rings (SSSR count). The van der Waals surface area contributed by atoms with E-state index in [2.05, 4.69) is 0 Å². The zero-order valence-corrected chi connectivity index (χ0v) is 11.2. The molecule has 2 aromatic rings. The highest BCUT2D eigenvalue weighted by molar-refractivity contribution is 6.41. The summed E-state index contributed by atoms with van der Waals surface area (Å²) in [6.07, 6.45) is 0.910. The number of anilines is 1. The van der Waals surface area contributed by atoms with Gasteiger partial charge in [0.15, 0.2) is 0 Å². The first-order valence-electron chi connectivity index (χ1n) is 6.62. The molecule has 2 nitrogen and oxygen atoms in total. The topological polar surface area (TPSA) is 12.5 Å². The van der Waals surface area contributed by atoms with E-state index in [9.17, 15) is 8.78 Å². The van der Waals surface area contributed by atoms with Crippen LogP contribution in [-0.4, -0.2) is 14.0 Å². The fourth-order valence-electron chi connectivity index (χ4n) is 2.46. The van der Waals surface area contributed by atoms with Crippen LogP contribution in [0.25, 0.3) is 11.1 Å². The molecule has 0 N–H and O–H groups in total. The molecule has 0 amide bonds. The van der Waals surface area contributed by atoms with Crippen LogP contribution in [0.3, 0.4) is 0 Å². The Bertz CT molecular complexity index is 622. The number of rotatable bonds is 2. The molecule has 1 aliphatic rings. The van der Waals surface area contributed by atoms with Gasteiger partial charge in [-0.05, 0) is 37.5 Å². The molecule has 1 fully saturated rings. The minimum Gasteiger partial charge on any atom is -0.304 e. The first kappa shape index (κ1) is 13.1. The van der Waals surface area contributed by atoms with Crippen LogP contribution in [0.2, 0.25) is 6.32 Å². The Balaban J connectivity index is 2.19. The molecule has 1 aliphatic heterocycles. The van der Waals surface area contributed by atoms with Gasteiger partial charge in [-0.15, -0.1) is 0 Å². The summed E-state index contributed by atoms with van der Waals surface area (Å²) < 4.78 is 28.1. The van der Waals surface area contributed by atoms with Crippen LogP contribution in [0.5, 0.6) is 0 Å².